The number of anilines is 1. The number of carbonyl (C=O) groups excluding carboxylic acids is 1. The second-order valence-electron chi connectivity index (χ2n) is 5.15. The summed E-state index contributed by atoms with van der Waals surface area (Å²) < 4.78 is 0. The summed E-state index contributed by atoms with van der Waals surface area (Å²) in [6.45, 7) is 2.79. The van der Waals surface area contributed by atoms with E-state index in [9.17, 15) is 4.79 Å². The van der Waals surface area contributed by atoms with E-state index in [0.29, 0.717) is 11.8 Å². The molecule has 4 nitrogen and oxygen atoms in total. The fourth-order valence-corrected chi connectivity index (χ4v) is 3.20. The maximum Gasteiger partial charge on any atom is 0.227 e. The fourth-order valence-electron chi connectivity index (χ4n) is 2.45. The molecule has 0 atom stereocenters. The molecule has 0 bridgehead atoms. The molecule has 5 heteroatoms. The monoisotopic (exact) mass is 303 g/mol. The summed E-state index contributed by atoms with van der Waals surface area (Å²) in [6.07, 6.45) is 7.51. The third-order valence-electron chi connectivity index (χ3n) is 3.52. The average Bonchev–Trinajstić information content (AvgIpc) is 2.48. The molecule has 1 saturated heterocycles. The number of piperidine rings is 1. The number of hydrogen-bond donors (Lipinski definition) is 2. The molecular weight excluding hydrogens is 282 g/mol. The lowest BCUT2D eigenvalue weighted by Gasteiger charge is -2.32. The van der Waals surface area contributed by atoms with Crippen molar-refractivity contribution >= 4 is 23.4 Å². The Balaban J connectivity index is 1.91. The van der Waals surface area contributed by atoms with Gasteiger partial charge in [0.2, 0.25) is 5.91 Å². The smallest absolute Gasteiger partial charge is 0.227 e. The summed E-state index contributed by atoms with van der Waals surface area (Å²) >= 11 is 1.48. The van der Waals surface area contributed by atoms with Crippen LogP contribution in [0, 0.1) is 12.3 Å². The zero-order valence-corrected chi connectivity index (χ0v) is 12.9. The van der Waals surface area contributed by atoms with Gasteiger partial charge in [0.1, 0.15) is 0 Å². The first-order valence-electron chi connectivity index (χ1n) is 7.11. The molecule has 0 radical (unpaired) electrons. The van der Waals surface area contributed by atoms with Crippen LogP contribution in [0.3, 0.4) is 0 Å². The highest BCUT2D eigenvalue weighted by Crippen LogP contribution is 2.28. The standard InChI is InChI=1S/C16H21N3OS/c1-2-9-19-10-7-13(8-11-19)18-14-5-3-4-6-15(14)21-12-16(17)20/h1,3-6,13,18H,7-12H2,(H2,17,20). The SMILES string of the molecule is C#CCN1CCC(Nc2ccccc2SCC(N)=O)CC1. The van der Waals surface area contributed by atoms with Crippen LogP contribution in [0.1, 0.15) is 12.8 Å². The number of thioether (sulfide) groups is 1. The predicted octanol–water partition coefficient (Wildman–Crippen LogP) is 1.77. The molecule has 1 aliphatic rings. The first-order valence-corrected chi connectivity index (χ1v) is 8.10. The summed E-state index contributed by atoms with van der Waals surface area (Å²) in [5, 5.41) is 3.58. The lowest BCUT2D eigenvalue weighted by atomic mass is 10.0. The first-order chi connectivity index (χ1) is 10.2. The number of carbonyl (C=O) groups is 1. The molecule has 21 heavy (non-hydrogen) atoms. The van der Waals surface area contributed by atoms with Crippen LogP contribution in [0.25, 0.3) is 0 Å². The number of primary amides is 1. The fraction of sp³-hybridized carbons (Fsp3) is 0.438. The zero-order chi connectivity index (χ0) is 15.1. The highest BCUT2D eigenvalue weighted by Gasteiger charge is 2.19. The normalized spacial score (nSPS) is 16.3. The topological polar surface area (TPSA) is 58.4 Å². The first kappa shape index (κ1) is 15.7. The molecule has 0 aliphatic carbocycles. The van der Waals surface area contributed by atoms with Crippen molar-refractivity contribution in [3.8, 4) is 12.3 Å². The number of rotatable bonds is 6. The van der Waals surface area contributed by atoms with Gasteiger partial charge >= 0.3 is 0 Å². The van der Waals surface area contributed by atoms with Gasteiger partial charge in [0, 0.05) is 29.7 Å². The Labute approximate surface area is 130 Å². The second-order valence-corrected chi connectivity index (χ2v) is 6.17. The van der Waals surface area contributed by atoms with Gasteiger partial charge in [-0.05, 0) is 25.0 Å². The lowest BCUT2D eigenvalue weighted by molar-refractivity contribution is -0.115. The summed E-state index contributed by atoms with van der Waals surface area (Å²) in [6, 6.07) is 8.50. The largest absolute Gasteiger partial charge is 0.381 e. The van der Waals surface area contributed by atoms with E-state index in [-0.39, 0.29) is 5.91 Å². The van der Waals surface area contributed by atoms with Gasteiger partial charge in [-0.2, -0.15) is 0 Å². The third kappa shape index (κ3) is 5.00. The van der Waals surface area contributed by atoms with Gasteiger partial charge in [-0.15, -0.1) is 18.2 Å². The molecule has 1 aromatic rings. The van der Waals surface area contributed by atoms with Gasteiger partial charge in [0.05, 0.1) is 12.3 Å². The number of para-hydroxylation sites is 1. The Morgan fingerprint density at radius 1 is 1.43 bits per heavy atom. The number of benzene rings is 1. The summed E-state index contributed by atoms with van der Waals surface area (Å²) in [4.78, 5) is 14.3. The maximum atomic E-state index is 10.9. The van der Waals surface area contributed by atoms with Crippen molar-refractivity contribution in [2.75, 3.05) is 30.7 Å². The molecule has 1 aliphatic heterocycles. The van der Waals surface area contributed by atoms with Crippen LogP contribution < -0.4 is 11.1 Å². The number of amides is 1. The second kappa shape index (κ2) is 7.96. The number of terminal acetylenes is 1. The minimum atomic E-state index is -0.294. The summed E-state index contributed by atoms with van der Waals surface area (Å²) in [7, 11) is 0. The third-order valence-corrected chi connectivity index (χ3v) is 4.61. The van der Waals surface area contributed by atoms with Crippen LogP contribution in [-0.2, 0) is 4.79 Å². The minimum absolute atomic E-state index is 0.294. The molecule has 1 aromatic carbocycles. The number of nitrogens with zero attached hydrogens (tertiary/aromatic N) is 1. The highest BCUT2D eigenvalue weighted by molar-refractivity contribution is 8.00. The molecule has 0 unspecified atom stereocenters. The van der Waals surface area contributed by atoms with E-state index in [1.807, 2.05) is 18.2 Å². The Bertz CT molecular complexity index is 518. The molecular formula is C16H21N3OS. The van der Waals surface area contributed by atoms with Gasteiger partial charge in [-0.1, -0.05) is 18.1 Å². The molecule has 0 spiro atoms. The number of hydrogen-bond acceptors (Lipinski definition) is 4. The van der Waals surface area contributed by atoms with Crippen molar-refractivity contribution in [1.82, 2.24) is 4.90 Å². The molecule has 0 saturated carbocycles. The predicted molar refractivity (Wildman–Crippen MR) is 88.3 cm³/mol. The van der Waals surface area contributed by atoms with E-state index in [2.05, 4.69) is 22.2 Å². The molecule has 0 aromatic heterocycles. The Hall–Kier alpha value is -1.64. The van der Waals surface area contributed by atoms with Crippen LogP contribution in [0.2, 0.25) is 0 Å². The quantitative estimate of drug-likeness (QED) is 0.621. The zero-order valence-electron chi connectivity index (χ0n) is 12.0. The molecule has 3 N–H and O–H groups in total. The van der Waals surface area contributed by atoms with E-state index < -0.39 is 0 Å². The van der Waals surface area contributed by atoms with Crippen molar-refractivity contribution in [2.45, 2.75) is 23.8 Å². The summed E-state index contributed by atoms with van der Waals surface area (Å²) in [5.41, 5.74) is 6.30. The summed E-state index contributed by atoms with van der Waals surface area (Å²) in [5.74, 6) is 2.71. The molecule has 1 heterocycles. The Kier molecular flexibility index (Phi) is 5.97. The Morgan fingerprint density at radius 3 is 2.81 bits per heavy atom. The van der Waals surface area contributed by atoms with Gasteiger partial charge < -0.3 is 11.1 Å². The number of nitrogens with two attached hydrogens (primary N) is 1. The average molecular weight is 303 g/mol. The molecule has 2 rings (SSSR count). The van der Waals surface area contributed by atoms with Crippen LogP contribution in [0.15, 0.2) is 29.2 Å². The van der Waals surface area contributed by atoms with Crippen molar-refractivity contribution in [3.05, 3.63) is 24.3 Å². The van der Waals surface area contributed by atoms with Crippen molar-refractivity contribution in [1.29, 1.82) is 0 Å². The van der Waals surface area contributed by atoms with Crippen LogP contribution in [0.5, 0.6) is 0 Å². The van der Waals surface area contributed by atoms with E-state index in [1.54, 1.807) is 0 Å². The maximum absolute atomic E-state index is 10.9. The van der Waals surface area contributed by atoms with E-state index in [1.165, 1.54) is 11.8 Å². The van der Waals surface area contributed by atoms with Crippen molar-refractivity contribution in [3.63, 3.8) is 0 Å². The molecule has 1 fully saturated rings. The van der Waals surface area contributed by atoms with Crippen LogP contribution in [-0.4, -0.2) is 42.2 Å². The Morgan fingerprint density at radius 2 is 2.14 bits per heavy atom. The van der Waals surface area contributed by atoms with Crippen LogP contribution >= 0.6 is 11.8 Å². The van der Waals surface area contributed by atoms with Crippen LogP contribution in [0.4, 0.5) is 5.69 Å². The van der Waals surface area contributed by atoms with E-state index in [4.69, 9.17) is 12.2 Å². The van der Waals surface area contributed by atoms with Gasteiger partial charge in [0.25, 0.3) is 0 Å². The molecule has 112 valence electrons. The number of nitrogens with one attached hydrogen (secondary N) is 1. The highest BCUT2D eigenvalue weighted by atomic mass is 32.2. The van der Waals surface area contributed by atoms with Gasteiger partial charge in [-0.25, -0.2) is 0 Å². The van der Waals surface area contributed by atoms with Gasteiger partial charge in [0.15, 0.2) is 0 Å². The van der Waals surface area contributed by atoms with E-state index >= 15 is 0 Å². The van der Waals surface area contributed by atoms with Crippen molar-refractivity contribution in [2.24, 2.45) is 5.73 Å². The van der Waals surface area contributed by atoms with E-state index in [0.717, 1.165) is 43.1 Å². The molecule has 1 amide bonds. The van der Waals surface area contributed by atoms with Gasteiger partial charge in [-0.3, -0.25) is 9.69 Å². The van der Waals surface area contributed by atoms with Crippen molar-refractivity contribution < 1.29 is 4.79 Å². The number of likely N-dealkylation sites (tertiary alicyclic amines) is 1. The lowest BCUT2D eigenvalue weighted by Crippen LogP contribution is -2.39. The minimum Gasteiger partial charge on any atom is -0.381 e.